The van der Waals surface area contributed by atoms with Gasteiger partial charge in [-0.25, -0.2) is 4.79 Å². The van der Waals surface area contributed by atoms with Crippen LogP contribution in [0.1, 0.15) is 46.5 Å². The summed E-state index contributed by atoms with van der Waals surface area (Å²) in [4.78, 5) is 11.7. The molecule has 0 aliphatic heterocycles. The summed E-state index contributed by atoms with van der Waals surface area (Å²) in [5.74, 6) is 0. The summed E-state index contributed by atoms with van der Waals surface area (Å²) in [6.07, 6.45) is 2.52. The first kappa shape index (κ1) is 17.5. The third-order valence-electron chi connectivity index (χ3n) is 3.37. The molecule has 0 aromatic heterocycles. The Morgan fingerprint density at radius 3 is 2.00 bits per heavy atom. The van der Waals surface area contributed by atoms with Gasteiger partial charge in [0.2, 0.25) is 0 Å². The summed E-state index contributed by atoms with van der Waals surface area (Å²) in [6, 6.07) is 0.0586. The molecule has 1 fully saturated rings. The van der Waals surface area contributed by atoms with Gasteiger partial charge in [0, 0.05) is 20.3 Å². The molecule has 1 saturated carbocycles. The fourth-order valence-corrected chi connectivity index (χ4v) is 4.06. The van der Waals surface area contributed by atoms with Gasteiger partial charge in [0.1, 0.15) is 5.60 Å². The maximum atomic E-state index is 12.3. The van der Waals surface area contributed by atoms with Crippen molar-refractivity contribution in [2.24, 2.45) is 0 Å². The van der Waals surface area contributed by atoms with E-state index in [-0.39, 0.29) is 11.7 Å². The van der Waals surface area contributed by atoms with Gasteiger partial charge >= 0.3 is 13.7 Å². The molecule has 0 aromatic carbocycles. The van der Waals surface area contributed by atoms with E-state index in [9.17, 15) is 9.36 Å². The van der Waals surface area contributed by atoms with Crippen LogP contribution in [0.5, 0.6) is 0 Å². The monoisotopic (exact) mass is 307 g/mol. The van der Waals surface area contributed by atoms with Crippen LogP contribution < -0.4 is 5.32 Å². The van der Waals surface area contributed by atoms with E-state index in [2.05, 4.69) is 5.32 Å². The molecule has 1 N–H and O–H groups in total. The smallest absolute Gasteiger partial charge is 0.407 e. The van der Waals surface area contributed by atoms with Gasteiger partial charge < -0.3 is 19.1 Å². The average molecular weight is 307 g/mol. The highest BCUT2D eigenvalue weighted by molar-refractivity contribution is 7.54. The van der Waals surface area contributed by atoms with Crippen molar-refractivity contribution in [2.45, 2.75) is 63.8 Å². The van der Waals surface area contributed by atoms with Crippen LogP contribution in [0.2, 0.25) is 0 Å². The fourth-order valence-electron chi connectivity index (χ4n) is 2.38. The highest BCUT2D eigenvalue weighted by atomic mass is 31.2. The summed E-state index contributed by atoms with van der Waals surface area (Å²) in [7, 11) is -0.171. The Bertz CT molecular complexity index is 363. The Morgan fingerprint density at radius 2 is 1.60 bits per heavy atom. The number of hydrogen-bond acceptors (Lipinski definition) is 5. The second-order valence-electron chi connectivity index (χ2n) is 6.06. The Labute approximate surface area is 121 Å². The summed E-state index contributed by atoms with van der Waals surface area (Å²) < 4.78 is 27.5. The molecule has 1 rings (SSSR count). The molecule has 1 amide bonds. The van der Waals surface area contributed by atoms with Crippen molar-refractivity contribution in [3.63, 3.8) is 0 Å². The van der Waals surface area contributed by atoms with Crippen molar-refractivity contribution < 1.29 is 23.1 Å². The number of ether oxygens (including phenoxy) is 1. The topological polar surface area (TPSA) is 73.9 Å². The van der Waals surface area contributed by atoms with E-state index < -0.39 is 19.3 Å². The van der Waals surface area contributed by atoms with E-state index in [1.807, 2.05) is 20.8 Å². The SMILES string of the molecule is COP(=O)(OC)C1CCC(NC(=O)OC(C)(C)C)CC1. The first-order valence-electron chi connectivity index (χ1n) is 6.91. The first-order valence-corrected chi connectivity index (χ1v) is 8.52. The van der Waals surface area contributed by atoms with Crippen LogP contribution >= 0.6 is 7.60 Å². The second-order valence-corrected chi connectivity index (χ2v) is 8.60. The highest BCUT2D eigenvalue weighted by Crippen LogP contribution is 2.56. The molecule has 1 aliphatic carbocycles. The molecule has 0 heterocycles. The third kappa shape index (κ3) is 5.08. The van der Waals surface area contributed by atoms with Crippen LogP contribution in [0, 0.1) is 0 Å². The van der Waals surface area contributed by atoms with E-state index >= 15 is 0 Å². The maximum Gasteiger partial charge on any atom is 0.407 e. The van der Waals surface area contributed by atoms with Gasteiger partial charge in [-0.15, -0.1) is 0 Å². The molecule has 0 unspecified atom stereocenters. The molecular formula is C13H26NO5P. The number of alkyl carbamates (subject to hydrolysis) is 1. The van der Waals surface area contributed by atoms with E-state index in [4.69, 9.17) is 13.8 Å². The van der Waals surface area contributed by atoms with Crippen LogP contribution in [0.25, 0.3) is 0 Å². The summed E-state index contributed by atoms with van der Waals surface area (Å²) in [6.45, 7) is 5.49. The predicted octanol–water partition coefficient (Wildman–Crippen LogP) is 3.31. The van der Waals surface area contributed by atoms with Gasteiger partial charge in [-0.1, -0.05) is 0 Å². The van der Waals surface area contributed by atoms with Crippen molar-refractivity contribution in [1.29, 1.82) is 0 Å². The second kappa shape index (κ2) is 6.92. The quantitative estimate of drug-likeness (QED) is 0.807. The highest BCUT2D eigenvalue weighted by Gasteiger charge is 2.37. The molecule has 0 aromatic rings. The lowest BCUT2D eigenvalue weighted by Gasteiger charge is -2.32. The molecule has 0 saturated heterocycles. The number of nitrogens with one attached hydrogen (secondary N) is 1. The Hall–Kier alpha value is -0.580. The Balaban J connectivity index is 2.43. The van der Waals surface area contributed by atoms with Gasteiger partial charge in [-0.3, -0.25) is 4.57 Å². The number of carbonyl (C=O) groups is 1. The van der Waals surface area contributed by atoms with E-state index in [0.717, 1.165) is 12.8 Å². The lowest BCUT2D eigenvalue weighted by atomic mass is 9.95. The minimum Gasteiger partial charge on any atom is -0.444 e. The molecule has 0 radical (unpaired) electrons. The van der Waals surface area contributed by atoms with Crippen LogP contribution in [0.3, 0.4) is 0 Å². The minimum absolute atomic E-state index is 0.0586. The van der Waals surface area contributed by atoms with Crippen LogP contribution in [0.4, 0.5) is 4.79 Å². The fraction of sp³-hybridized carbons (Fsp3) is 0.923. The molecule has 6 nitrogen and oxygen atoms in total. The van der Waals surface area contributed by atoms with Crippen molar-refractivity contribution >= 4 is 13.7 Å². The zero-order valence-electron chi connectivity index (χ0n) is 13.0. The Morgan fingerprint density at radius 1 is 1.10 bits per heavy atom. The van der Waals surface area contributed by atoms with Crippen molar-refractivity contribution in [3.05, 3.63) is 0 Å². The average Bonchev–Trinajstić information content (AvgIpc) is 2.36. The number of hydrogen-bond donors (Lipinski definition) is 1. The molecule has 0 atom stereocenters. The zero-order chi connectivity index (χ0) is 15.4. The zero-order valence-corrected chi connectivity index (χ0v) is 13.9. The Kier molecular flexibility index (Phi) is 6.05. The van der Waals surface area contributed by atoms with E-state index in [1.54, 1.807) is 0 Å². The molecular weight excluding hydrogens is 281 g/mol. The van der Waals surface area contributed by atoms with Crippen LogP contribution in [-0.4, -0.2) is 37.6 Å². The van der Waals surface area contributed by atoms with Crippen molar-refractivity contribution in [1.82, 2.24) is 5.32 Å². The summed E-state index contributed by atoms with van der Waals surface area (Å²) in [5.41, 5.74) is -0.586. The minimum atomic E-state index is -2.99. The number of amides is 1. The first-order chi connectivity index (χ1) is 9.20. The summed E-state index contributed by atoms with van der Waals surface area (Å²) in [5, 5.41) is 2.85. The molecule has 118 valence electrons. The van der Waals surface area contributed by atoms with Crippen LogP contribution in [-0.2, 0) is 18.3 Å². The predicted molar refractivity (Wildman–Crippen MR) is 77.0 cm³/mol. The molecule has 1 aliphatic rings. The molecule has 0 spiro atoms. The lowest BCUT2D eigenvalue weighted by Crippen LogP contribution is -2.41. The normalized spacial score (nSPS) is 24.2. The van der Waals surface area contributed by atoms with Gasteiger partial charge in [0.25, 0.3) is 0 Å². The van der Waals surface area contributed by atoms with Crippen molar-refractivity contribution in [2.75, 3.05) is 14.2 Å². The van der Waals surface area contributed by atoms with E-state index in [1.165, 1.54) is 14.2 Å². The van der Waals surface area contributed by atoms with Gasteiger partial charge in [-0.2, -0.15) is 0 Å². The standard InChI is InChI=1S/C13H26NO5P/c1-13(2,3)19-12(15)14-10-6-8-11(9-7-10)20(16,17-4)18-5/h10-11H,6-9H2,1-5H3,(H,14,15). The van der Waals surface area contributed by atoms with E-state index in [0.29, 0.717) is 12.8 Å². The molecule has 0 bridgehead atoms. The van der Waals surface area contributed by atoms with Gasteiger partial charge in [-0.05, 0) is 46.5 Å². The molecule has 20 heavy (non-hydrogen) atoms. The maximum absolute atomic E-state index is 12.3. The van der Waals surface area contributed by atoms with Crippen LogP contribution in [0.15, 0.2) is 0 Å². The number of carbonyl (C=O) groups excluding carboxylic acids is 1. The lowest BCUT2D eigenvalue weighted by molar-refractivity contribution is 0.0493. The number of rotatable bonds is 4. The third-order valence-corrected chi connectivity index (χ3v) is 5.80. The summed E-state index contributed by atoms with van der Waals surface area (Å²) >= 11 is 0. The van der Waals surface area contributed by atoms with Crippen molar-refractivity contribution in [3.8, 4) is 0 Å². The van der Waals surface area contributed by atoms with Gasteiger partial charge in [0.05, 0.1) is 5.66 Å². The van der Waals surface area contributed by atoms with Gasteiger partial charge in [0.15, 0.2) is 0 Å². The largest absolute Gasteiger partial charge is 0.444 e. The molecule has 7 heteroatoms.